The van der Waals surface area contributed by atoms with Gasteiger partial charge in [0.1, 0.15) is 17.1 Å². The van der Waals surface area contributed by atoms with Crippen LogP contribution >= 0.6 is 0 Å². The van der Waals surface area contributed by atoms with E-state index in [1.807, 2.05) is 25.6 Å². The maximum absolute atomic E-state index is 14.4. The minimum Gasteiger partial charge on any atom is -0.496 e. The number of hydrogen-bond acceptors (Lipinski definition) is 4. The standard InChI is InChI=1S/C24H31FN4O3/c1-14-18(15(2)28(3)27-14)10-11-21(30)26-23-16-8-9-17(23)13-29(12-16)24(31)22-19(25)6-5-7-20(22)32-4/h5-7,16-17,23H,8-13H2,1-4H3,(H,26,30)/t16-,17+,23?. The molecule has 1 aromatic heterocycles. The van der Waals surface area contributed by atoms with Crippen LogP contribution in [0.25, 0.3) is 0 Å². The number of nitrogens with zero attached hydrogens (tertiary/aromatic N) is 3. The van der Waals surface area contributed by atoms with Gasteiger partial charge in [-0.2, -0.15) is 5.10 Å². The molecule has 0 radical (unpaired) electrons. The topological polar surface area (TPSA) is 76.5 Å². The quantitative estimate of drug-likeness (QED) is 0.747. The summed E-state index contributed by atoms with van der Waals surface area (Å²) in [6, 6.07) is 4.47. The average Bonchev–Trinajstić information content (AvgIpc) is 3.13. The monoisotopic (exact) mass is 442 g/mol. The summed E-state index contributed by atoms with van der Waals surface area (Å²) in [5, 5.41) is 7.65. The number of halogens is 1. The lowest BCUT2D eigenvalue weighted by atomic mass is 9.91. The number of piperidine rings is 1. The van der Waals surface area contributed by atoms with Gasteiger partial charge in [0.25, 0.3) is 5.91 Å². The number of hydrogen-bond donors (Lipinski definition) is 1. The van der Waals surface area contributed by atoms with E-state index in [1.165, 1.54) is 19.2 Å². The predicted molar refractivity (Wildman–Crippen MR) is 118 cm³/mol. The maximum Gasteiger partial charge on any atom is 0.260 e. The van der Waals surface area contributed by atoms with E-state index in [0.717, 1.165) is 29.8 Å². The molecule has 2 fully saturated rings. The highest BCUT2D eigenvalue weighted by molar-refractivity contribution is 5.97. The predicted octanol–water partition coefficient (Wildman–Crippen LogP) is 2.78. The van der Waals surface area contributed by atoms with E-state index in [4.69, 9.17) is 4.74 Å². The number of carbonyl (C=O) groups is 2. The Balaban J connectivity index is 1.38. The molecule has 8 heteroatoms. The first-order valence-corrected chi connectivity index (χ1v) is 11.2. The Morgan fingerprint density at radius 1 is 1.22 bits per heavy atom. The second-order valence-corrected chi connectivity index (χ2v) is 8.99. The van der Waals surface area contributed by atoms with Crippen molar-refractivity contribution in [3.63, 3.8) is 0 Å². The maximum atomic E-state index is 14.4. The summed E-state index contributed by atoms with van der Waals surface area (Å²) in [7, 11) is 3.35. The van der Waals surface area contributed by atoms with E-state index < -0.39 is 5.82 Å². The van der Waals surface area contributed by atoms with Gasteiger partial charge in [0.05, 0.1) is 12.8 Å². The fraction of sp³-hybridized carbons (Fsp3) is 0.542. The SMILES string of the molecule is COc1cccc(F)c1C(=O)N1C[C@H]2CC[C@@H](C1)C2NC(=O)CCc1c(C)nn(C)c1C. The molecule has 32 heavy (non-hydrogen) atoms. The Kier molecular flexibility index (Phi) is 6.22. The minimum absolute atomic E-state index is 0.0147. The summed E-state index contributed by atoms with van der Waals surface area (Å²) in [6.45, 7) is 5.01. The molecule has 2 bridgehead atoms. The molecule has 2 aliphatic rings. The van der Waals surface area contributed by atoms with Crippen molar-refractivity contribution < 1.29 is 18.7 Å². The number of carbonyl (C=O) groups excluding carboxylic acids is 2. The van der Waals surface area contributed by atoms with Gasteiger partial charge in [-0.05, 0) is 62.6 Å². The third-order valence-electron chi connectivity index (χ3n) is 7.12. The second-order valence-electron chi connectivity index (χ2n) is 8.99. The van der Waals surface area contributed by atoms with E-state index in [0.29, 0.717) is 25.9 Å². The molecule has 1 N–H and O–H groups in total. The Morgan fingerprint density at radius 3 is 2.50 bits per heavy atom. The molecule has 2 amide bonds. The van der Waals surface area contributed by atoms with E-state index in [2.05, 4.69) is 10.4 Å². The fourth-order valence-electron chi connectivity index (χ4n) is 5.34. The zero-order valence-electron chi connectivity index (χ0n) is 19.2. The van der Waals surface area contributed by atoms with Crippen LogP contribution in [-0.4, -0.2) is 52.7 Å². The van der Waals surface area contributed by atoms with Crippen LogP contribution in [0.15, 0.2) is 18.2 Å². The van der Waals surface area contributed by atoms with E-state index in [1.54, 1.807) is 11.0 Å². The van der Waals surface area contributed by atoms with Gasteiger partial charge in [-0.1, -0.05) is 6.07 Å². The summed E-state index contributed by atoms with van der Waals surface area (Å²) < 4.78 is 21.5. The number of likely N-dealkylation sites (tertiary alicyclic amines) is 1. The lowest BCUT2D eigenvalue weighted by molar-refractivity contribution is -0.122. The van der Waals surface area contributed by atoms with Crippen molar-refractivity contribution in [1.29, 1.82) is 0 Å². The van der Waals surface area contributed by atoms with Crippen LogP contribution in [-0.2, 0) is 18.3 Å². The number of rotatable bonds is 6. The molecule has 1 saturated heterocycles. The van der Waals surface area contributed by atoms with Gasteiger partial charge in [-0.15, -0.1) is 0 Å². The van der Waals surface area contributed by atoms with Crippen LogP contribution < -0.4 is 10.1 Å². The second kappa shape index (κ2) is 8.92. The molecule has 1 aromatic carbocycles. The highest BCUT2D eigenvalue weighted by atomic mass is 19.1. The molecule has 2 aromatic rings. The third-order valence-corrected chi connectivity index (χ3v) is 7.12. The van der Waals surface area contributed by atoms with E-state index in [9.17, 15) is 14.0 Å². The van der Waals surface area contributed by atoms with E-state index >= 15 is 0 Å². The number of amides is 2. The summed E-state index contributed by atoms with van der Waals surface area (Å²) in [5.74, 6) is -0.270. The van der Waals surface area contributed by atoms with Gasteiger partial charge in [0, 0.05) is 38.3 Å². The molecule has 1 unspecified atom stereocenters. The van der Waals surface area contributed by atoms with Crippen LogP contribution in [0.5, 0.6) is 5.75 Å². The first-order chi connectivity index (χ1) is 15.3. The zero-order valence-corrected chi connectivity index (χ0v) is 19.2. The summed E-state index contributed by atoms with van der Waals surface area (Å²) in [6.07, 6.45) is 2.98. The highest BCUT2D eigenvalue weighted by Crippen LogP contribution is 2.38. The summed E-state index contributed by atoms with van der Waals surface area (Å²) >= 11 is 0. The zero-order chi connectivity index (χ0) is 23.0. The van der Waals surface area contributed by atoms with Crippen molar-refractivity contribution in [3.8, 4) is 5.75 Å². The third kappa shape index (κ3) is 4.10. The lowest BCUT2D eigenvalue weighted by Crippen LogP contribution is -2.54. The number of aryl methyl sites for hydroxylation is 2. The van der Waals surface area contributed by atoms with Crippen molar-refractivity contribution in [3.05, 3.63) is 46.5 Å². The number of aromatic nitrogens is 2. The van der Waals surface area contributed by atoms with Crippen molar-refractivity contribution >= 4 is 11.8 Å². The van der Waals surface area contributed by atoms with Crippen molar-refractivity contribution in [2.75, 3.05) is 20.2 Å². The van der Waals surface area contributed by atoms with Crippen LogP contribution in [0, 0.1) is 31.5 Å². The molecule has 7 nitrogen and oxygen atoms in total. The number of nitrogens with one attached hydrogen (secondary N) is 1. The Hall–Kier alpha value is -2.90. The van der Waals surface area contributed by atoms with Gasteiger partial charge >= 0.3 is 0 Å². The van der Waals surface area contributed by atoms with Crippen LogP contribution in [0.2, 0.25) is 0 Å². The summed E-state index contributed by atoms with van der Waals surface area (Å²) in [4.78, 5) is 27.5. The number of methoxy groups -OCH3 is 1. The number of ether oxygens (including phenoxy) is 1. The molecular weight excluding hydrogens is 411 g/mol. The van der Waals surface area contributed by atoms with Crippen molar-refractivity contribution in [1.82, 2.24) is 20.0 Å². The first-order valence-electron chi connectivity index (χ1n) is 11.2. The fourth-order valence-corrected chi connectivity index (χ4v) is 5.34. The lowest BCUT2D eigenvalue weighted by Gasteiger charge is -2.38. The normalized spacial score (nSPS) is 22.2. The molecule has 0 spiro atoms. The number of benzene rings is 1. The highest BCUT2D eigenvalue weighted by Gasteiger charge is 2.44. The summed E-state index contributed by atoms with van der Waals surface area (Å²) in [5.41, 5.74) is 3.17. The van der Waals surface area contributed by atoms with E-state index in [-0.39, 0.29) is 41.0 Å². The molecule has 1 aliphatic heterocycles. The first kappa shape index (κ1) is 22.3. The van der Waals surface area contributed by atoms with Gasteiger partial charge in [0.2, 0.25) is 5.91 Å². The molecule has 1 aliphatic carbocycles. The average molecular weight is 443 g/mol. The van der Waals surface area contributed by atoms with Gasteiger partial charge < -0.3 is 15.0 Å². The molecule has 172 valence electrons. The molecule has 3 atom stereocenters. The molecule has 1 saturated carbocycles. The van der Waals surface area contributed by atoms with Gasteiger partial charge in [0.15, 0.2) is 0 Å². The van der Waals surface area contributed by atoms with Crippen molar-refractivity contribution in [2.45, 2.75) is 45.6 Å². The molecule has 2 heterocycles. The van der Waals surface area contributed by atoms with Crippen LogP contribution in [0.4, 0.5) is 4.39 Å². The largest absolute Gasteiger partial charge is 0.496 e. The minimum atomic E-state index is -0.571. The van der Waals surface area contributed by atoms with Crippen molar-refractivity contribution in [2.24, 2.45) is 18.9 Å². The molecular formula is C24H31FN4O3. The Labute approximate surface area is 187 Å². The number of fused-ring (bicyclic) bond motifs is 2. The van der Waals surface area contributed by atoms with Gasteiger partial charge in [-0.25, -0.2) is 4.39 Å². The van der Waals surface area contributed by atoms with Gasteiger partial charge in [-0.3, -0.25) is 14.3 Å². The Morgan fingerprint density at radius 2 is 1.91 bits per heavy atom. The Bertz CT molecular complexity index is 1020. The molecule has 4 rings (SSSR count). The van der Waals surface area contributed by atoms with Crippen LogP contribution in [0.3, 0.4) is 0 Å². The smallest absolute Gasteiger partial charge is 0.260 e. The van der Waals surface area contributed by atoms with Crippen LogP contribution in [0.1, 0.15) is 46.6 Å².